The highest BCUT2D eigenvalue weighted by Crippen LogP contribution is 2.42. The van der Waals surface area contributed by atoms with Crippen LogP contribution in [0.25, 0.3) is 11.3 Å². The van der Waals surface area contributed by atoms with Gasteiger partial charge in [0.05, 0.1) is 10.6 Å². The Morgan fingerprint density at radius 1 is 1.38 bits per heavy atom. The van der Waals surface area contributed by atoms with Crippen LogP contribution >= 0.6 is 11.3 Å². The zero-order chi connectivity index (χ0) is 18.1. The van der Waals surface area contributed by atoms with E-state index in [-0.39, 0.29) is 10.6 Å². The first-order chi connectivity index (χ1) is 12.7. The van der Waals surface area contributed by atoms with E-state index in [1.165, 1.54) is 23.8 Å². The number of nitro benzene ring substituents is 1. The number of fused-ring (bicyclic) bond motifs is 2. The number of thiazole rings is 1. The summed E-state index contributed by atoms with van der Waals surface area (Å²) in [6.07, 6.45) is 9.05. The van der Waals surface area contributed by atoms with Gasteiger partial charge in [-0.1, -0.05) is 24.3 Å². The van der Waals surface area contributed by atoms with Crippen molar-refractivity contribution >= 4 is 23.2 Å². The van der Waals surface area contributed by atoms with E-state index in [9.17, 15) is 10.1 Å². The number of nitro groups is 1. The Morgan fingerprint density at radius 2 is 2.27 bits per heavy atom. The van der Waals surface area contributed by atoms with E-state index >= 15 is 0 Å². The average molecular weight is 368 g/mol. The minimum Gasteiger partial charge on any atom is -0.258 e. The molecule has 0 saturated heterocycles. The van der Waals surface area contributed by atoms with Crippen molar-refractivity contribution in [3.8, 4) is 11.3 Å². The number of hydrogen-bond acceptors (Lipinski definition) is 5. The molecule has 26 heavy (non-hydrogen) atoms. The fraction of sp³-hybridized carbons (Fsp3) is 0.368. The van der Waals surface area contributed by atoms with E-state index in [4.69, 9.17) is 5.10 Å². The molecule has 1 aromatic heterocycles. The molecule has 0 radical (unpaired) electrons. The molecule has 7 heteroatoms. The van der Waals surface area contributed by atoms with E-state index in [1.54, 1.807) is 12.1 Å². The van der Waals surface area contributed by atoms with Crippen molar-refractivity contribution in [1.29, 1.82) is 0 Å². The van der Waals surface area contributed by atoms with Crippen LogP contribution in [0.2, 0.25) is 0 Å². The zero-order valence-corrected chi connectivity index (χ0v) is 15.3. The second kappa shape index (κ2) is 6.99. The molecule has 0 N–H and O–H groups in total. The molecule has 1 saturated carbocycles. The van der Waals surface area contributed by atoms with Crippen LogP contribution in [0.15, 0.2) is 51.9 Å². The second-order valence-corrected chi connectivity index (χ2v) is 7.54. The number of allylic oxidation sites excluding steroid dienone is 2. The lowest BCUT2D eigenvalue weighted by molar-refractivity contribution is -0.384. The van der Waals surface area contributed by atoms with Gasteiger partial charge in [0.2, 0.25) is 4.80 Å². The minimum absolute atomic E-state index is 0.0800. The van der Waals surface area contributed by atoms with Gasteiger partial charge in [-0.2, -0.15) is 5.10 Å². The highest BCUT2D eigenvalue weighted by molar-refractivity contribution is 7.07. The molecule has 0 amide bonds. The summed E-state index contributed by atoms with van der Waals surface area (Å²) < 4.78 is 1.82. The summed E-state index contributed by atoms with van der Waals surface area (Å²) >= 11 is 1.51. The molecule has 6 nitrogen and oxygen atoms in total. The van der Waals surface area contributed by atoms with Gasteiger partial charge in [-0.3, -0.25) is 15.1 Å². The van der Waals surface area contributed by atoms with Crippen LogP contribution in [0.1, 0.15) is 19.8 Å². The quantitative estimate of drug-likeness (QED) is 0.345. The first-order valence-corrected chi connectivity index (χ1v) is 9.72. The van der Waals surface area contributed by atoms with E-state index in [0.717, 1.165) is 22.5 Å². The number of aromatic nitrogens is 1. The molecule has 0 spiro atoms. The van der Waals surface area contributed by atoms with Crippen molar-refractivity contribution in [3.05, 3.63) is 56.7 Å². The van der Waals surface area contributed by atoms with E-state index in [1.807, 2.05) is 29.3 Å². The van der Waals surface area contributed by atoms with Gasteiger partial charge in [0.1, 0.15) is 0 Å². The minimum atomic E-state index is -0.373. The molecule has 2 bridgehead atoms. The summed E-state index contributed by atoms with van der Waals surface area (Å²) in [6.45, 7) is 2.66. The van der Waals surface area contributed by atoms with Gasteiger partial charge in [-0.25, -0.2) is 4.68 Å². The number of rotatable bonds is 5. The van der Waals surface area contributed by atoms with E-state index in [2.05, 4.69) is 17.1 Å². The molecule has 4 rings (SSSR count). The number of nitrogens with zero attached hydrogens (tertiary/aromatic N) is 4. The Bertz CT molecular complexity index is 956. The molecule has 1 fully saturated rings. The van der Waals surface area contributed by atoms with Gasteiger partial charge in [0, 0.05) is 41.8 Å². The van der Waals surface area contributed by atoms with Crippen LogP contribution in [-0.2, 0) is 0 Å². The normalized spacial score (nSPS) is 24.8. The lowest BCUT2D eigenvalue weighted by atomic mass is 9.95. The Kier molecular flexibility index (Phi) is 4.55. The van der Waals surface area contributed by atoms with E-state index < -0.39 is 0 Å². The number of hydrogen-bond donors (Lipinski definition) is 0. The Hall–Kier alpha value is -2.54. The van der Waals surface area contributed by atoms with Gasteiger partial charge >= 0.3 is 0 Å². The summed E-state index contributed by atoms with van der Waals surface area (Å²) in [5.41, 5.74) is 1.69. The van der Waals surface area contributed by atoms with E-state index in [0.29, 0.717) is 24.3 Å². The van der Waals surface area contributed by atoms with Crippen LogP contribution in [0.4, 0.5) is 5.69 Å². The fourth-order valence-electron chi connectivity index (χ4n) is 3.78. The first kappa shape index (κ1) is 16.9. The molecule has 1 aromatic carbocycles. The van der Waals surface area contributed by atoms with Gasteiger partial charge in [0.15, 0.2) is 0 Å². The monoisotopic (exact) mass is 368 g/mol. The predicted octanol–water partition coefficient (Wildman–Crippen LogP) is 4.09. The second-order valence-electron chi connectivity index (χ2n) is 6.71. The van der Waals surface area contributed by atoms with Gasteiger partial charge in [-0.15, -0.1) is 11.3 Å². The predicted molar refractivity (Wildman–Crippen MR) is 103 cm³/mol. The molecule has 2 aliphatic rings. The lowest BCUT2D eigenvalue weighted by Gasteiger charge is -2.12. The van der Waals surface area contributed by atoms with Crippen LogP contribution in [-0.4, -0.2) is 22.4 Å². The number of benzene rings is 1. The molecular formula is C19H20N4O2S. The first-order valence-electron chi connectivity index (χ1n) is 8.84. The van der Waals surface area contributed by atoms with Crippen molar-refractivity contribution in [2.45, 2.75) is 19.8 Å². The maximum Gasteiger partial charge on any atom is 0.270 e. The molecular weight excluding hydrogens is 348 g/mol. The summed E-state index contributed by atoms with van der Waals surface area (Å²) in [6, 6.07) is 6.67. The van der Waals surface area contributed by atoms with Gasteiger partial charge < -0.3 is 0 Å². The molecule has 2 aromatic rings. The Morgan fingerprint density at radius 3 is 2.96 bits per heavy atom. The smallest absolute Gasteiger partial charge is 0.258 e. The van der Waals surface area contributed by atoms with Crippen LogP contribution in [0, 0.1) is 27.9 Å². The topological polar surface area (TPSA) is 72.8 Å². The van der Waals surface area contributed by atoms with Crippen molar-refractivity contribution < 1.29 is 4.92 Å². The SMILES string of the molecule is CCN=c1scc(-c2cccc([N+](=O)[O-])c2)n1N=CC1CC2C=CC1C2. The van der Waals surface area contributed by atoms with Crippen LogP contribution < -0.4 is 4.80 Å². The van der Waals surface area contributed by atoms with Gasteiger partial charge in [0.25, 0.3) is 5.69 Å². The van der Waals surface area contributed by atoms with Crippen LogP contribution in [0.3, 0.4) is 0 Å². The summed E-state index contributed by atoms with van der Waals surface area (Å²) in [5.74, 6) is 1.75. The van der Waals surface area contributed by atoms with Crippen molar-refractivity contribution in [1.82, 2.24) is 4.68 Å². The third-order valence-corrected chi connectivity index (χ3v) is 5.89. The lowest BCUT2D eigenvalue weighted by Crippen LogP contribution is -2.15. The third-order valence-electron chi connectivity index (χ3n) is 5.04. The van der Waals surface area contributed by atoms with Crippen molar-refractivity contribution in [2.24, 2.45) is 27.8 Å². The maximum atomic E-state index is 11.1. The Labute approximate surface area is 155 Å². The largest absolute Gasteiger partial charge is 0.270 e. The highest BCUT2D eigenvalue weighted by atomic mass is 32.1. The molecule has 0 aliphatic heterocycles. The van der Waals surface area contributed by atoms with Crippen LogP contribution in [0.5, 0.6) is 0 Å². The third kappa shape index (κ3) is 3.14. The molecule has 3 atom stereocenters. The zero-order valence-electron chi connectivity index (χ0n) is 14.5. The fourth-order valence-corrected chi connectivity index (χ4v) is 4.68. The number of non-ortho nitro benzene ring substituents is 1. The van der Waals surface area contributed by atoms with Crippen molar-refractivity contribution in [2.75, 3.05) is 6.54 Å². The molecule has 1 heterocycles. The highest BCUT2D eigenvalue weighted by Gasteiger charge is 2.34. The Balaban J connectivity index is 1.72. The molecule has 2 aliphatic carbocycles. The molecule has 3 unspecified atom stereocenters. The standard InChI is InChI=1S/C19H20N4O2S/c1-2-20-19-22(21-11-16-9-13-6-7-14(16)8-13)18(12-26-19)15-4-3-5-17(10-15)23(24)25/h3-7,10-14,16H,2,8-9H2,1H3. The summed E-state index contributed by atoms with van der Waals surface area (Å²) in [7, 11) is 0. The summed E-state index contributed by atoms with van der Waals surface area (Å²) in [5, 5.41) is 17.8. The van der Waals surface area contributed by atoms with Gasteiger partial charge in [-0.05, 0) is 31.6 Å². The average Bonchev–Trinajstić information content (AvgIpc) is 3.36. The summed E-state index contributed by atoms with van der Waals surface area (Å²) in [4.78, 5) is 16.1. The maximum absolute atomic E-state index is 11.1. The van der Waals surface area contributed by atoms with Crippen molar-refractivity contribution in [3.63, 3.8) is 0 Å². The molecule has 134 valence electrons.